The number of nitrogens with one attached hydrogen (secondary N) is 1. The molecule has 1 aromatic carbocycles. The molecule has 0 aromatic heterocycles. The van der Waals surface area contributed by atoms with Crippen LogP contribution >= 0.6 is 0 Å². The van der Waals surface area contributed by atoms with Crippen LogP contribution in [0.2, 0.25) is 0 Å². The van der Waals surface area contributed by atoms with Gasteiger partial charge in [-0.2, -0.15) is 0 Å². The third-order valence-electron chi connectivity index (χ3n) is 3.73. The van der Waals surface area contributed by atoms with Crippen LogP contribution in [0.15, 0.2) is 30.3 Å². The van der Waals surface area contributed by atoms with Gasteiger partial charge in [-0.25, -0.2) is 0 Å². The van der Waals surface area contributed by atoms with Gasteiger partial charge in [0, 0.05) is 25.8 Å². The lowest BCUT2D eigenvalue weighted by atomic mass is 9.99. The molecule has 1 unspecified atom stereocenters. The zero-order chi connectivity index (χ0) is 15.0. The summed E-state index contributed by atoms with van der Waals surface area (Å²) in [6.07, 6.45) is 1.83. The first-order valence-corrected chi connectivity index (χ1v) is 7.35. The van der Waals surface area contributed by atoms with Gasteiger partial charge in [-0.3, -0.25) is 4.79 Å². The van der Waals surface area contributed by atoms with Crippen LogP contribution in [0.4, 0.5) is 5.69 Å². The van der Waals surface area contributed by atoms with E-state index in [-0.39, 0.29) is 11.8 Å². The van der Waals surface area contributed by atoms with Gasteiger partial charge >= 0.3 is 0 Å². The summed E-state index contributed by atoms with van der Waals surface area (Å²) in [5.41, 5.74) is 7.07. The fourth-order valence-corrected chi connectivity index (χ4v) is 1.97. The van der Waals surface area contributed by atoms with Crippen LogP contribution < -0.4 is 16.0 Å². The van der Waals surface area contributed by atoms with Gasteiger partial charge in [0.15, 0.2) is 0 Å². The molecule has 4 heteroatoms. The molecule has 1 aromatic rings. The number of carbonyl (C=O) groups is 1. The Kier molecular flexibility index (Phi) is 7.09. The maximum absolute atomic E-state index is 11.8. The molecule has 1 amide bonds. The van der Waals surface area contributed by atoms with Gasteiger partial charge in [0.05, 0.1) is 6.04 Å². The summed E-state index contributed by atoms with van der Waals surface area (Å²) in [4.78, 5) is 14.0. The lowest BCUT2D eigenvalue weighted by molar-refractivity contribution is -0.123. The Bertz CT molecular complexity index is 394. The molecule has 2 atom stereocenters. The van der Waals surface area contributed by atoms with Crippen LogP contribution in [-0.2, 0) is 4.79 Å². The highest BCUT2D eigenvalue weighted by molar-refractivity contribution is 5.81. The molecule has 0 fully saturated rings. The fraction of sp³-hybridized carbons (Fsp3) is 0.562. The maximum Gasteiger partial charge on any atom is 0.237 e. The third-order valence-corrected chi connectivity index (χ3v) is 3.73. The van der Waals surface area contributed by atoms with Crippen molar-refractivity contribution in [3.05, 3.63) is 30.3 Å². The van der Waals surface area contributed by atoms with Crippen molar-refractivity contribution in [2.75, 3.05) is 25.0 Å². The summed E-state index contributed by atoms with van der Waals surface area (Å²) in [7, 11) is 2.06. The second kappa shape index (κ2) is 8.59. The van der Waals surface area contributed by atoms with Crippen LogP contribution in [-0.4, -0.2) is 32.1 Å². The van der Waals surface area contributed by atoms with Crippen LogP contribution in [0, 0.1) is 5.92 Å². The molecule has 4 nitrogen and oxygen atoms in total. The Labute approximate surface area is 122 Å². The van der Waals surface area contributed by atoms with E-state index in [1.165, 1.54) is 5.69 Å². The lowest BCUT2D eigenvalue weighted by Gasteiger charge is -2.20. The number of amides is 1. The first kappa shape index (κ1) is 16.5. The van der Waals surface area contributed by atoms with E-state index in [0.717, 1.165) is 19.4 Å². The number of para-hydroxylation sites is 1. The topological polar surface area (TPSA) is 58.4 Å². The van der Waals surface area contributed by atoms with Crippen molar-refractivity contribution in [1.82, 2.24) is 5.32 Å². The SMILES string of the molecule is CCC(C)[C@H](N)C(=O)NCCCN(C)c1ccccc1. The predicted octanol–water partition coefficient (Wildman–Crippen LogP) is 2.00. The van der Waals surface area contributed by atoms with E-state index >= 15 is 0 Å². The molecule has 0 spiro atoms. The molecular weight excluding hydrogens is 250 g/mol. The highest BCUT2D eigenvalue weighted by Gasteiger charge is 2.18. The second-order valence-electron chi connectivity index (χ2n) is 5.31. The van der Waals surface area contributed by atoms with E-state index in [4.69, 9.17) is 5.73 Å². The molecule has 0 aliphatic carbocycles. The van der Waals surface area contributed by atoms with Crippen LogP contribution in [0.25, 0.3) is 0 Å². The highest BCUT2D eigenvalue weighted by atomic mass is 16.2. The fourth-order valence-electron chi connectivity index (χ4n) is 1.97. The number of hydrogen-bond acceptors (Lipinski definition) is 3. The quantitative estimate of drug-likeness (QED) is 0.715. The summed E-state index contributed by atoms with van der Waals surface area (Å²) in [5, 5.41) is 2.91. The summed E-state index contributed by atoms with van der Waals surface area (Å²) in [6.45, 7) is 5.63. The van der Waals surface area contributed by atoms with Gasteiger partial charge in [0.1, 0.15) is 0 Å². The number of benzene rings is 1. The number of anilines is 1. The first-order chi connectivity index (χ1) is 9.56. The number of carbonyl (C=O) groups excluding carboxylic acids is 1. The molecule has 0 radical (unpaired) electrons. The van der Waals surface area contributed by atoms with E-state index in [9.17, 15) is 4.79 Å². The van der Waals surface area contributed by atoms with Gasteiger partial charge < -0.3 is 16.0 Å². The van der Waals surface area contributed by atoms with Crippen molar-refractivity contribution in [3.63, 3.8) is 0 Å². The Balaban J connectivity index is 2.23. The monoisotopic (exact) mass is 277 g/mol. The summed E-state index contributed by atoms with van der Waals surface area (Å²) in [6, 6.07) is 9.83. The Morgan fingerprint density at radius 1 is 1.35 bits per heavy atom. The van der Waals surface area contributed by atoms with E-state index < -0.39 is 6.04 Å². The van der Waals surface area contributed by atoms with Crippen molar-refractivity contribution in [2.45, 2.75) is 32.7 Å². The summed E-state index contributed by atoms with van der Waals surface area (Å²) < 4.78 is 0. The van der Waals surface area contributed by atoms with Gasteiger partial charge in [-0.15, -0.1) is 0 Å². The molecule has 3 N–H and O–H groups in total. The molecular formula is C16H27N3O. The summed E-state index contributed by atoms with van der Waals surface area (Å²) in [5.74, 6) is 0.184. The Morgan fingerprint density at radius 2 is 2.00 bits per heavy atom. The van der Waals surface area contributed by atoms with Crippen LogP contribution in [0.3, 0.4) is 0 Å². The average molecular weight is 277 g/mol. The van der Waals surface area contributed by atoms with Crippen molar-refractivity contribution < 1.29 is 4.79 Å². The molecule has 20 heavy (non-hydrogen) atoms. The zero-order valence-electron chi connectivity index (χ0n) is 12.8. The number of nitrogens with zero attached hydrogens (tertiary/aromatic N) is 1. The number of rotatable bonds is 8. The molecule has 0 aliphatic rings. The number of nitrogens with two attached hydrogens (primary N) is 1. The van der Waals surface area contributed by atoms with Gasteiger partial charge in [-0.1, -0.05) is 38.5 Å². The molecule has 0 heterocycles. The molecule has 0 saturated carbocycles. The average Bonchev–Trinajstić information content (AvgIpc) is 2.50. The van der Waals surface area contributed by atoms with Gasteiger partial charge in [0.2, 0.25) is 5.91 Å². The zero-order valence-corrected chi connectivity index (χ0v) is 12.8. The largest absolute Gasteiger partial charge is 0.375 e. The van der Waals surface area contributed by atoms with E-state index in [0.29, 0.717) is 6.54 Å². The third kappa shape index (κ3) is 5.21. The van der Waals surface area contributed by atoms with Crippen molar-refractivity contribution >= 4 is 11.6 Å². The lowest BCUT2D eigenvalue weighted by Crippen LogP contribution is -2.45. The van der Waals surface area contributed by atoms with Crippen LogP contribution in [0.1, 0.15) is 26.7 Å². The standard InChI is InChI=1S/C16H27N3O/c1-4-13(2)15(17)16(20)18-11-8-12-19(3)14-9-6-5-7-10-14/h5-7,9-10,13,15H,4,8,11-12,17H2,1-3H3,(H,18,20)/t13?,15-/m0/s1. The van der Waals surface area contributed by atoms with Gasteiger partial charge in [0.25, 0.3) is 0 Å². The van der Waals surface area contributed by atoms with Crippen molar-refractivity contribution in [1.29, 1.82) is 0 Å². The van der Waals surface area contributed by atoms with Crippen LogP contribution in [0.5, 0.6) is 0 Å². The predicted molar refractivity (Wildman–Crippen MR) is 84.8 cm³/mol. The minimum absolute atomic E-state index is 0.0401. The normalized spacial score (nSPS) is 13.6. The molecule has 0 bridgehead atoms. The van der Waals surface area contributed by atoms with E-state index in [2.05, 4.69) is 29.4 Å². The van der Waals surface area contributed by atoms with E-state index in [1.54, 1.807) is 0 Å². The maximum atomic E-state index is 11.8. The highest BCUT2D eigenvalue weighted by Crippen LogP contribution is 2.10. The summed E-state index contributed by atoms with van der Waals surface area (Å²) >= 11 is 0. The first-order valence-electron chi connectivity index (χ1n) is 7.35. The Hall–Kier alpha value is -1.55. The minimum Gasteiger partial charge on any atom is -0.375 e. The van der Waals surface area contributed by atoms with Crippen molar-refractivity contribution in [2.24, 2.45) is 11.7 Å². The van der Waals surface area contributed by atoms with Crippen molar-refractivity contribution in [3.8, 4) is 0 Å². The van der Waals surface area contributed by atoms with Gasteiger partial charge in [-0.05, 0) is 24.5 Å². The second-order valence-corrected chi connectivity index (χ2v) is 5.31. The Morgan fingerprint density at radius 3 is 2.60 bits per heavy atom. The molecule has 1 rings (SSSR count). The molecule has 0 aliphatic heterocycles. The smallest absolute Gasteiger partial charge is 0.237 e. The molecule has 0 saturated heterocycles. The number of hydrogen-bond donors (Lipinski definition) is 2. The minimum atomic E-state index is -0.396. The van der Waals surface area contributed by atoms with E-state index in [1.807, 2.05) is 32.0 Å². The molecule has 112 valence electrons.